The van der Waals surface area contributed by atoms with Crippen LogP contribution in [-0.4, -0.2) is 39.5 Å². The molecule has 2 aliphatic rings. The molecule has 2 unspecified atom stereocenters. The molecule has 0 bridgehead atoms. The SMILES string of the molecule is CNC(C1CCOC1)C1CCOC1. The summed E-state index contributed by atoms with van der Waals surface area (Å²) in [5, 5.41) is 3.43. The molecule has 76 valence electrons. The van der Waals surface area contributed by atoms with E-state index in [0.29, 0.717) is 17.9 Å². The molecule has 2 rings (SSSR count). The maximum atomic E-state index is 5.42. The Labute approximate surface area is 79.8 Å². The second-order valence-electron chi connectivity index (χ2n) is 4.06. The third kappa shape index (κ3) is 2.03. The lowest BCUT2D eigenvalue weighted by atomic mass is 9.87. The molecule has 0 saturated carbocycles. The largest absolute Gasteiger partial charge is 0.381 e. The van der Waals surface area contributed by atoms with Crippen LogP contribution in [0.1, 0.15) is 12.8 Å². The van der Waals surface area contributed by atoms with E-state index in [-0.39, 0.29) is 0 Å². The first-order chi connectivity index (χ1) is 6.42. The topological polar surface area (TPSA) is 30.5 Å². The predicted octanol–water partition coefficient (Wildman–Crippen LogP) is 0.647. The van der Waals surface area contributed by atoms with Crippen LogP contribution in [0.2, 0.25) is 0 Å². The molecule has 0 aliphatic carbocycles. The van der Waals surface area contributed by atoms with Crippen LogP contribution in [-0.2, 0) is 9.47 Å². The Hall–Kier alpha value is -0.120. The molecule has 0 spiro atoms. The van der Waals surface area contributed by atoms with Gasteiger partial charge in [0.1, 0.15) is 0 Å². The Kier molecular flexibility index (Phi) is 3.19. The molecule has 3 heteroatoms. The van der Waals surface area contributed by atoms with Crippen LogP contribution in [0.5, 0.6) is 0 Å². The molecule has 2 atom stereocenters. The van der Waals surface area contributed by atoms with Gasteiger partial charge in [-0.2, -0.15) is 0 Å². The van der Waals surface area contributed by atoms with Crippen molar-refractivity contribution in [2.24, 2.45) is 11.8 Å². The summed E-state index contributed by atoms with van der Waals surface area (Å²) in [7, 11) is 2.06. The smallest absolute Gasteiger partial charge is 0.0510 e. The summed E-state index contributed by atoms with van der Waals surface area (Å²) in [4.78, 5) is 0. The summed E-state index contributed by atoms with van der Waals surface area (Å²) in [6, 6.07) is 0.602. The van der Waals surface area contributed by atoms with Crippen molar-refractivity contribution < 1.29 is 9.47 Å². The van der Waals surface area contributed by atoms with Gasteiger partial charge in [-0.15, -0.1) is 0 Å². The van der Waals surface area contributed by atoms with Gasteiger partial charge < -0.3 is 14.8 Å². The lowest BCUT2D eigenvalue weighted by Crippen LogP contribution is -2.40. The molecule has 0 aromatic carbocycles. The first kappa shape index (κ1) is 9.44. The van der Waals surface area contributed by atoms with Gasteiger partial charge >= 0.3 is 0 Å². The highest BCUT2D eigenvalue weighted by Crippen LogP contribution is 2.26. The minimum Gasteiger partial charge on any atom is -0.381 e. The van der Waals surface area contributed by atoms with Crippen LogP contribution in [0.3, 0.4) is 0 Å². The van der Waals surface area contributed by atoms with E-state index >= 15 is 0 Å². The Bertz CT molecular complexity index is 135. The van der Waals surface area contributed by atoms with Crippen molar-refractivity contribution in [2.75, 3.05) is 33.5 Å². The first-order valence-corrected chi connectivity index (χ1v) is 5.24. The Morgan fingerprint density at radius 1 is 1.08 bits per heavy atom. The molecule has 0 amide bonds. The maximum Gasteiger partial charge on any atom is 0.0510 e. The molecule has 13 heavy (non-hydrogen) atoms. The van der Waals surface area contributed by atoms with Crippen molar-refractivity contribution in [1.82, 2.24) is 5.32 Å². The fourth-order valence-corrected chi connectivity index (χ4v) is 2.53. The standard InChI is InChI=1S/C10H19NO2/c1-11-10(8-2-4-12-6-8)9-3-5-13-7-9/h8-11H,2-7H2,1H3. The average Bonchev–Trinajstić information content (AvgIpc) is 2.76. The Morgan fingerprint density at radius 2 is 1.62 bits per heavy atom. The van der Waals surface area contributed by atoms with E-state index < -0.39 is 0 Å². The van der Waals surface area contributed by atoms with Gasteiger partial charge in [-0.3, -0.25) is 0 Å². The summed E-state index contributed by atoms with van der Waals surface area (Å²) >= 11 is 0. The van der Waals surface area contributed by atoms with E-state index in [1.807, 2.05) is 0 Å². The normalized spacial score (nSPS) is 36.7. The fourth-order valence-electron chi connectivity index (χ4n) is 2.53. The van der Waals surface area contributed by atoms with Crippen molar-refractivity contribution in [2.45, 2.75) is 18.9 Å². The van der Waals surface area contributed by atoms with Gasteiger partial charge in [0, 0.05) is 31.1 Å². The van der Waals surface area contributed by atoms with Crippen molar-refractivity contribution in [3.05, 3.63) is 0 Å². The zero-order valence-corrected chi connectivity index (χ0v) is 8.29. The van der Waals surface area contributed by atoms with Gasteiger partial charge in [-0.25, -0.2) is 0 Å². The summed E-state index contributed by atoms with van der Waals surface area (Å²) in [5.74, 6) is 1.41. The number of ether oxygens (including phenoxy) is 2. The van der Waals surface area contributed by atoms with Crippen LogP contribution in [0.15, 0.2) is 0 Å². The summed E-state index contributed by atoms with van der Waals surface area (Å²) in [5.41, 5.74) is 0. The van der Waals surface area contributed by atoms with Crippen molar-refractivity contribution in [3.8, 4) is 0 Å². The van der Waals surface area contributed by atoms with Crippen LogP contribution in [0, 0.1) is 11.8 Å². The van der Waals surface area contributed by atoms with Gasteiger partial charge in [0.25, 0.3) is 0 Å². The molecule has 2 fully saturated rings. The molecular formula is C10H19NO2. The van der Waals surface area contributed by atoms with E-state index in [1.54, 1.807) is 0 Å². The maximum absolute atomic E-state index is 5.42. The monoisotopic (exact) mass is 185 g/mol. The molecule has 0 aromatic rings. The number of hydrogen-bond acceptors (Lipinski definition) is 3. The number of hydrogen-bond donors (Lipinski definition) is 1. The Balaban J connectivity index is 1.90. The highest BCUT2D eigenvalue weighted by atomic mass is 16.5. The molecular weight excluding hydrogens is 166 g/mol. The van der Waals surface area contributed by atoms with Crippen LogP contribution in [0.25, 0.3) is 0 Å². The van der Waals surface area contributed by atoms with E-state index in [2.05, 4.69) is 12.4 Å². The second-order valence-corrected chi connectivity index (χ2v) is 4.06. The number of rotatable bonds is 3. The van der Waals surface area contributed by atoms with Crippen LogP contribution in [0.4, 0.5) is 0 Å². The van der Waals surface area contributed by atoms with Crippen LogP contribution < -0.4 is 5.32 Å². The zero-order chi connectivity index (χ0) is 9.10. The van der Waals surface area contributed by atoms with Gasteiger partial charge in [-0.05, 0) is 19.9 Å². The van der Waals surface area contributed by atoms with Crippen molar-refractivity contribution in [1.29, 1.82) is 0 Å². The Morgan fingerprint density at radius 3 is 1.92 bits per heavy atom. The quantitative estimate of drug-likeness (QED) is 0.700. The minimum absolute atomic E-state index is 0.602. The number of nitrogens with one attached hydrogen (secondary N) is 1. The van der Waals surface area contributed by atoms with Crippen molar-refractivity contribution >= 4 is 0 Å². The highest BCUT2D eigenvalue weighted by Gasteiger charge is 2.32. The fraction of sp³-hybridized carbons (Fsp3) is 1.00. The second kappa shape index (κ2) is 4.40. The van der Waals surface area contributed by atoms with Gasteiger partial charge in [0.2, 0.25) is 0 Å². The van der Waals surface area contributed by atoms with Crippen LogP contribution >= 0.6 is 0 Å². The van der Waals surface area contributed by atoms with E-state index in [4.69, 9.17) is 9.47 Å². The molecule has 0 radical (unpaired) electrons. The highest BCUT2D eigenvalue weighted by molar-refractivity contribution is 4.86. The van der Waals surface area contributed by atoms with Gasteiger partial charge in [0.05, 0.1) is 13.2 Å². The molecule has 2 saturated heterocycles. The van der Waals surface area contributed by atoms with Crippen molar-refractivity contribution in [3.63, 3.8) is 0 Å². The third-order valence-electron chi connectivity index (χ3n) is 3.28. The van der Waals surface area contributed by atoms with E-state index in [0.717, 1.165) is 26.4 Å². The van der Waals surface area contributed by atoms with Gasteiger partial charge in [-0.1, -0.05) is 0 Å². The predicted molar refractivity (Wildman–Crippen MR) is 50.7 cm³/mol. The summed E-state index contributed by atoms with van der Waals surface area (Å²) in [6.45, 7) is 3.75. The lowest BCUT2D eigenvalue weighted by Gasteiger charge is -2.26. The summed E-state index contributed by atoms with van der Waals surface area (Å²) in [6.07, 6.45) is 2.42. The third-order valence-corrected chi connectivity index (χ3v) is 3.28. The zero-order valence-electron chi connectivity index (χ0n) is 8.29. The first-order valence-electron chi connectivity index (χ1n) is 5.24. The average molecular weight is 185 g/mol. The molecule has 0 aromatic heterocycles. The lowest BCUT2D eigenvalue weighted by molar-refractivity contribution is 0.149. The molecule has 2 aliphatic heterocycles. The molecule has 1 N–H and O–H groups in total. The van der Waals surface area contributed by atoms with Gasteiger partial charge in [0.15, 0.2) is 0 Å². The minimum atomic E-state index is 0.602. The van der Waals surface area contributed by atoms with E-state index in [1.165, 1.54) is 12.8 Å². The molecule has 3 nitrogen and oxygen atoms in total. The summed E-state index contributed by atoms with van der Waals surface area (Å²) < 4.78 is 10.8. The van der Waals surface area contributed by atoms with E-state index in [9.17, 15) is 0 Å². The molecule has 2 heterocycles.